The Balaban J connectivity index is 1.37. The minimum Gasteiger partial charge on any atom is -0.465 e. The zero-order chi connectivity index (χ0) is 24.3. The lowest BCUT2D eigenvalue weighted by Gasteiger charge is -2.44. The van der Waals surface area contributed by atoms with Crippen LogP contribution in [0.2, 0.25) is 0 Å². The summed E-state index contributed by atoms with van der Waals surface area (Å²) in [6, 6.07) is 18.0. The number of methoxy groups -OCH3 is 1. The summed E-state index contributed by atoms with van der Waals surface area (Å²) >= 11 is 0. The molecule has 4 rings (SSSR count). The summed E-state index contributed by atoms with van der Waals surface area (Å²) in [7, 11) is 1.42. The van der Waals surface area contributed by atoms with Crippen LogP contribution in [0.25, 0.3) is 5.57 Å². The molecule has 0 unspecified atom stereocenters. The predicted molar refractivity (Wildman–Crippen MR) is 140 cm³/mol. The first-order valence-electron chi connectivity index (χ1n) is 12.7. The van der Waals surface area contributed by atoms with Crippen molar-refractivity contribution in [3.63, 3.8) is 0 Å². The molecule has 2 aliphatic rings. The standard InChI is InChI=1S/C30H40N2O2/c1-22-18-31(20-24-9-11-27(12-10-24)29(33)34-5)19-23(2)32(22)21-25-7-6-8-28(17-25)26-13-15-30(3,4)16-14-26/h6-13,17,22-23H,14-16,18-21H2,1-5H3/t22-,23+. The molecule has 2 aromatic rings. The van der Waals surface area contributed by atoms with Gasteiger partial charge in [-0.3, -0.25) is 9.80 Å². The molecule has 0 bridgehead atoms. The van der Waals surface area contributed by atoms with Crippen molar-refractivity contribution in [2.24, 2.45) is 5.41 Å². The molecular weight excluding hydrogens is 420 g/mol. The number of carbonyl (C=O) groups excluding carboxylic acids is 1. The van der Waals surface area contributed by atoms with Gasteiger partial charge in [-0.2, -0.15) is 0 Å². The number of hydrogen-bond donors (Lipinski definition) is 0. The smallest absolute Gasteiger partial charge is 0.337 e. The molecule has 4 nitrogen and oxygen atoms in total. The molecule has 0 amide bonds. The van der Waals surface area contributed by atoms with Crippen molar-refractivity contribution in [2.45, 2.75) is 72.1 Å². The quantitative estimate of drug-likeness (QED) is 0.483. The van der Waals surface area contributed by atoms with Crippen LogP contribution in [-0.2, 0) is 17.8 Å². The molecular formula is C30H40N2O2. The molecule has 1 heterocycles. The second kappa shape index (κ2) is 10.5. The van der Waals surface area contributed by atoms with Gasteiger partial charge in [-0.05, 0) is 72.9 Å². The number of hydrogen-bond acceptors (Lipinski definition) is 4. The number of nitrogens with zero attached hydrogens (tertiary/aromatic N) is 2. The van der Waals surface area contributed by atoms with Gasteiger partial charge in [0, 0.05) is 38.3 Å². The molecule has 0 aromatic heterocycles. The number of benzene rings is 2. The summed E-state index contributed by atoms with van der Waals surface area (Å²) in [5, 5.41) is 0. The van der Waals surface area contributed by atoms with E-state index in [0.29, 0.717) is 23.1 Å². The van der Waals surface area contributed by atoms with E-state index in [1.165, 1.54) is 48.6 Å². The monoisotopic (exact) mass is 460 g/mol. The molecule has 0 N–H and O–H groups in total. The lowest BCUT2D eigenvalue weighted by molar-refractivity contribution is 0.0290. The summed E-state index contributed by atoms with van der Waals surface area (Å²) in [6.07, 6.45) is 6.09. The molecule has 1 aliphatic heterocycles. The van der Waals surface area contributed by atoms with Crippen molar-refractivity contribution in [1.29, 1.82) is 0 Å². The van der Waals surface area contributed by atoms with Crippen LogP contribution in [0, 0.1) is 5.41 Å². The number of piperazine rings is 1. The molecule has 2 atom stereocenters. The SMILES string of the molecule is COC(=O)c1ccc(CN2C[C@@H](C)N(Cc3cccc(C4=CCC(C)(C)CC4)c3)[C@@H](C)C2)cc1. The summed E-state index contributed by atoms with van der Waals surface area (Å²) in [5.74, 6) is -0.282. The maximum absolute atomic E-state index is 11.7. The Bertz CT molecular complexity index is 1010. The average Bonchev–Trinajstić information content (AvgIpc) is 2.81. The molecule has 182 valence electrons. The molecule has 4 heteroatoms. The molecule has 1 saturated heterocycles. The minimum absolute atomic E-state index is 0.282. The van der Waals surface area contributed by atoms with Crippen LogP contribution in [0.3, 0.4) is 0 Å². The van der Waals surface area contributed by atoms with Crippen LogP contribution in [0.5, 0.6) is 0 Å². The summed E-state index contributed by atoms with van der Waals surface area (Å²) in [4.78, 5) is 16.9. The first-order chi connectivity index (χ1) is 16.2. The third-order valence-corrected chi connectivity index (χ3v) is 7.59. The van der Waals surface area contributed by atoms with Crippen LogP contribution in [0.15, 0.2) is 54.6 Å². The Morgan fingerprint density at radius 2 is 1.71 bits per heavy atom. The second-order valence-corrected chi connectivity index (χ2v) is 11.1. The van der Waals surface area contributed by atoms with E-state index in [0.717, 1.165) is 26.2 Å². The number of allylic oxidation sites excluding steroid dienone is 2. The van der Waals surface area contributed by atoms with Gasteiger partial charge >= 0.3 is 5.97 Å². The number of ether oxygens (including phenoxy) is 1. The van der Waals surface area contributed by atoms with Crippen molar-refractivity contribution in [3.05, 3.63) is 76.9 Å². The molecule has 0 radical (unpaired) electrons. The fourth-order valence-corrected chi connectivity index (χ4v) is 5.45. The van der Waals surface area contributed by atoms with Gasteiger partial charge in [0.2, 0.25) is 0 Å². The topological polar surface area (TPSA) is 32.8 Å². The highest BCUT2D eigenvalue weighted by atomic mass is 16.5. The highest BCUT2D eigenvalue weighted by Crippen LogP contribution is 2.38. The van der Waals surface area contributed by atoms with E-state index in [4.69, 9.17) is 4.74 Å². The number of esters is 1. The summed E-state index contributed by atoms with van der Waals surface area (Å²) in [5.41, 5.74) is 6.61. The number of rotatable bonds is 6. The first-order valence-corrected chi connectivity index (χ1v) is 12.7. The third-order valence-electron chi connectivity index (χ3n) is 7.59. The van der Waals surface area contributed by atoms with Crippen LogP contribution < -0.4 is 0 Å². The van der Waals surface area contributed by atoms with Gasteiger partial charge in [0.1, 0.15) is 0 Å². The highest BCUT2D eigenvalue weighted by Gasteiger charge is 2.29. The van der Waals surface area contributed by atoms with Crippen molar-refractivity contribution >= 4 is 11.5 Å². The van der Waals surface area contributed by atoms with E-state index < -0.39 is 0 Å². The van der Waals surface area contributed by atoms with Gasteiger partial charge in [0.15, 0.2) is 0 Å². The lowest BCUT2D eigenvalue weighted by Crippen LogP contribution is -2.55. The Kier molecular flexibility index (Phi) is 7.59. The molecule has 0 spiro atoms. The van der Waals surface area contributed by atoms with Crippen molar-refractivity contribution in [2.75, 3.05) is 20.2 Å². The minimum atomic E-state index is -0.282. The van der Waals surface area contributed by atoms with Gasteiger partial charge in [-0.1, -0.05) is 56.3 Å². The van der Waals surface area contributed by atoms with Crippen LogP contribution in [0.4, 0.5) is 0 Å². The Hall–Kier alpha value is -2.43. The maximum atomic E-state index is 11.7. The predicted octanol–water partition coefficient (Wildman–Crippen LogP) is 6.16. The lowest BCUT2D eigenvalue weighted by atomic mass is 9.77. The van der Waals surface area contributed by atoms with Crippen molar-refractivity contribution in [3.8, 4) is 0 Å². The van der Waals surface area contributed by atoms with E-state index in [-0.39, 0.29) is 5.97 Å². The normalized spacial score (nSPS) is 23.4. The molecule has 1 aliphatic carbocycles. The average molecular weight is 461 g/mol. The third kappa shape index (κ3) is 5.97. The van der Waals surface area contributed by atoms with E-state index in [1.807, 2.05) is 24.3 Å². The molecule has 34 heavy (non-hydrogen) atoms. The van der Waals surface area contributed by atoms with Crippen molar-refractivity contribution in [1.82, 2.24) is 9.80 Å². The van der Waals surface area contributed by atoms with E-state index in [2.05, 4.69) is 67.8 Å². The number of carbonyl (C=O) groups is 1. The van der Waals surface area contributed by atoms with E-state index in [9.17, 15) is 4.79 Å². The fourth-order valence-electron chi connectivity index (χ4n) is 5.45. The van der Waals surface area contributed by atoms with E-state index >= 15 is 0 Å². The highest BCUT2D eigenvalue weighted by molar-refractivity contribution is 5.89. The van der Waals surface area contributed by atoms with Gasteiger partial charge in [0.05, 0.1) is 12.7 Å². The summed E-state index contributed by atoms with van der Waals surface area (Å²) in [6.45, 7) is 13.4. The first kappa shape index (κ1) is 24.7. The zero-order valence-electron chi connectivity index (χ0n) is 21.5. The fraction of sp³-hybridized carbons (Fsp3) is 0.500. The van der Waals surface area contributed by atoms with Gasteiger partial charge in [-0.25, -0.2) is 4.79 Å². The Morgan fingerprint density at radius 3 is 2.32 bits per heavy atom. The Morgan fingerprint density at radius 1 is 1.00 bits per heavy atom. The van der Waals surface area contributed by atoms with Crippen molar-refractivity contribution < 1.29 is 9.53 Å². The zero-order valence-corrected chi connectivity index (χ0v) is 21.5. The van der Waals surface area contributed by atoms with Gasteiger partial charge in [0.25, 0.3) is 0 Å². The molecule has 0 saturated carbocycles. The van der Waals surface area contributed by atoms with Crippen LogP contribution >= 0.6 is 0 Å². The van der Waals surface area contributed by atoms with E-state index in [1.54, 1.807) is 0 Å². The van der Waals surface area contributed by atoms with Crippen LogP contribution in [-0.4, -0.2) is 48.1 Å². The van der Waals surface area contributed by atoms with Gasteiger partial charge in [-0.15, -0.1) is 0 Å². The Labute approximate surface area is 205 Å². The molecule has 2 aromatic carbocycles. The largest absolute Gasteiger partial charge is 0.465 e. The molecule has 1 fully saturated rings. The van der Waals surface area contributed by atoms with Crippen LogP contribution in [0.1, 0.15) is 74.0 Å². The second-order valence-electron chi connectivity index (χ2n) is 11.1. The maximum Gasteiger partial charge on any atom is 0.337 e. The van der Waals surface area contributed by atoms with Gasteiger partial charge < -0.3 is 4.74 Å². The summed E-state index contributed by atoms with van der Waals surface area (Å²) < 4.78 is 4.81.